The van der Waals surface area contributed by atoms with Gasteiger partial charge in [-0.05, 0) is 49.7 Å². The average Bonchev–Trinajstić information content (AvgIpc) is 2.58. The van der Waals surface area contributed by atoms with E-state index in [1.54, 1.807) is 0 Å². The fourth-order valence-corrected chi connectivity index (χ4v) is 1.69. The molecule has 0 atom stereocenters. The Morgan fingerprint density at radius 2 is 1.87 bits per heavy atom. The summed E-state index contributed by atoms with van der Waals surface area (Å²) in [7, 11) is 0. The monoisotopic (exact) mass is 203 g/mol. The third-order valence-electron chi connectivity index (χ3n) is 2.73. The molecule has 0 saturated carbocycles. The molecule has 2 rings (SSSR count). The highest BCUT2D eigenvalue weighted by Crippen LogP contribution is 2.22. The highest BCUT2D eigenvalue weighted by molar-refractivity contribution is 5.79. The number of benzene rings is 1. The molecule has 0 radical (unpaired) electrons. The Labute approximate surface area is 90.3 Å². The number of rotatable bonds is 3. The minimum Gasteiger partial charge on any atom is -0.460 e. The zero-order chi connectivity index (χ0) is 10.8. The fourth-order valence-electron chi connectivity index (χ4n) is 1.69. The van der Waals surface area contributed by atoms with Gasteiger partial charge in [-0.2, -0.15) is 0 Å². The predicted octanol–water partition coefficient (Wildman–Crippen LogP) is 3.16. The first-order valence-corrected chi connectivity index (χ1v) is 5.41. The molecule has 0 aliphatic heterocycles. The topological polar surface area (TPSA) is 25.2 Å². The lowest BCUT2D eigenvalue weighted by Gasteiger charge is -1.97. The fraction of sp³-hybridized carbons (Fsp3) is 0.385. The standard InChI is InChI=1S/C13H17NO/c1-4-14-8-12-7-11-5-9(2)10(3)6-13(11)15-12/h5-7,14H,4,8H2,1-3H3. The van der Waals surface area contributed by atoms with Gasteiger partial charge in [-0.1, -0.05) is 6.92 Å². The zero-order valence-electron chi connectivity index (χ0n) is 9.55. The van der Waals surface area contributed by atoms with Gasteiger partial charge in [0.2, 0.25) is 0 Å². The molecule has 2 aromatic rings. The summed E-state index contributed by atoms with van der Waals surface area (Å²) in [6.07, 6.45) is 0. The van der Waals surface area contributed by atoms with Crippen LogP contribution < -0.4 is 5.32 Å². The Kier molecular flexibility index (Phi) is 2.78. The number of hydrogen-bond donors (Lipinski definition) is 1. The maximum atomic E-state index is 5.74. The minimum absolute atomic E-state index is 0.809. The molecule has 1 aromatic carbocycles. The number of aryl methyl sites for hydroxylation is 2. The summed E-state index contributed by atoms with van der Waals surface area (Å²) in [5.74, 6) is 1.01. The van der Waals surface area contributed by atoms with E-state index >= 15 is 0 Å². The van der Waals surface area contributed by atoms with Crippen LogP contribution in [0.5, 0.6) is 0 Å². The number of furan rings is 1. The van der Waals surface area contributed by atoms with Gasteiger partial charge in [-0.25, -0.2) is 0 Å². The first-order chi connectivity index (χ1) is 7.20. The first-order valence-electron chi connectivity index (χ1n) is 5.41. The second kappa shape index (κ2) is 4.07. The molecule has 2 heteroatoms. The Morgan fingerprint density at radius 1 is 1.13 bits per heavy atom. The van der Waals surface area contributed by atoms with Gasteiger partial charge >= 0.3 is 0 Å². The molecule has 1 heterocycles. The van der Waals surface area contributed by atoms with Crippen molar-refractivity contribution < 1.29 is 4.42 Å². The SMILES string of the molecule is CCNCc1cc2cc(C)c(C)cc2o1. The van der Waals surface area contributed by atoms with Crippen LogP contribution in [-0.2, 0) is 6.54 Å². The number of fused-ring (bicyclic) bond motifs is 1. The summed E-state index contributed by atoms with van der Waals surface area (Å²) in [5.41, 5.74) is 3.59. The summed E-state index contributed by atoms with van der Waals surface area (Å²) in [4.78, 5) is 0. The van der Waals surface area contributed by atoms with Crippen LogP contribution in [0.3, 0.4) is 0 Å². The van der Waals surface area contributed by atoms with Crippen LogP contribution >= 0.6 is 0 Å². The van der Waals surface area contributed by atoms with E-state index < -0.39 is 0 Å². The molecular formula is C13H17NO. The predicted molar refractivity (Wildman–Crippen MR) is 63.1 cm³/mol. The molecule has 80 valence electrons. The number of nitrogens with one attached hydrogen (secondary N) is 1. The third-order valence-corrected chi connectivity index (χ3v) is 2.73. The summed E-state index contributed by atoms with van der Waals surface area (Å²) in [5, 5.41) is 4.46. The van der Waals surface area contributed by atoms with Crippen molar-refractivity contribution in [3.8, 4) is 0 Å². The molecule has 2 nitrogen and oxygen atoms in total. The lowest BCUT2D eigenvalue weighted by Crippen LogP contribution is -2.10. The van der Waals surface area contributed by atoms with Gasteiger partial charge in [0.15, 0.2) is 0 Å². The van der Waals surface area contributed by atoms with Gasteiger partial charge in [-0.15, -0.1) is 0 Å². The summed E-state index contributed by atoms with van der Waals surface area (Å²) >= 11 is 0. The smallest absolute Gasteiger partial charge is 0.134 e. The van der Waals surface area contributed by atoms with Gasteiger partial charge < -0.3 is 9.73 Å². The summed E-state index contributed by atoms with van der Waals surface area (Å²) < 4.78 is 5.74. The molecule has 0 fully saturated rings. The lowest BCUT2D eigenvalue weighted by molar-refractivity contribution is 0.520. The van der Waals surface area contributed by atoms with E-state index in [0.29, 0.717) is 0 Å². The first kappa shape index (κ1) is 10.2. The van der Waals surface area contributed by atoms with E-state index in [0.717, 1.165) is 24.4 Å². The Hall–Kier alpha value is -1.28. The maximum Gasteiger partial charge on any atom is 0.134 e. The Balaban J connectivity index is 2.38. The second-order valence-electron chi connectivity index (χ2n) is 3.97. The van der Waals surface area contributed by atoms with Crippen LogP contribution in [0.25, 0.3) is 11.0 Å². The Bertz CT molecular complexity index is 432. The molecule has 0 spiro atoms. The maximum absolute atomic E-state index is 5.74. The van der Waals surface area contributed by atoms with Gasteiger partial charge in [0.05, 0.1) is 6.54 Å². The largest absolute Gasteiger partial charge is 0.460 e. The number of hydrogen-bond acceptors (Lipinski definition) is 2. The normalized spacial score (nSPS) is 11.1. The molecule has 15 heavy (non-hydrogen) atoms. The van der Waals surface area contributed by atoms with Crippen molar-refractivity contribution in [3.63, 3.8) is 0 Å². The quantitative estimate of drug-likeness (QED) is 0.829. The van der Waals surface area contributed by atoms with E-state index in [1.165, 1.54) is 16.5 Å². The highest BCUT2D eigenvalue weighted by Gasteiger charge is 2.04. The van der Waals surface area contributed by atoms with Crippen molar-refractivity contribution >= 4 is 11.0 Å². The lowest BCUT2D eigenvalue weighted by atomic mass is 10.1. The van der Waals surface area contributed by atoms with Crippen LogP contribution in [-0.4, -0.2) is 6.54 Å². The molecule has 0 aliphatic rings. The van der Waals surface area contributed by atoms with Crippen LogP contribution in [0.15, 0.2) is 22.6 Å². The van der Waals surface area contributed by atoms with E-state index in [4.69, 9.17) is 4.42 Å². The van der Waals surface area contributed by atoms with Crippen LogP contribution in [0.4, 0.5) is 0 Å². The second-order valence-corrected chi connectivity index (χ2v) is 3.97. The molecular weight excluding hydrogens is 186 g/mol. The average molecular weight is 203 g/mol. The van der Waals surface area contributed by atoms with Gasteiger partial charge in [0.1, 0.15) is 11.3 Å². The molecule has 0 bridgehead atoms. The molecule has 0 amide bonds. The third kappa shape index (κ3) is 2.05. The highest BCUT2D eigenvalue weighted by atomic mass is 16.3. The van der Waals surface area contributed by atoms with Crippen molar-refractivity contribution in [3.05, 3.63) is 35.1 Å². The summed E-state index contributed by atoms with van der Waals surface area (Å²) in [6.45, 7) is 8.11. The zero-order valence-corrected chi connectivity index (χ0v) is 9.55. The Morgan fingerprint density at radius 3 is 2.60 bits per heavy atom. The van der Waals surface area contributed by atoms with Crippen LogP contribution in [0.1, 0.15) is 23.8 Å². The minimum atomic E-state index is 0.809. The van der Waals surface area contributed by atoms with Crippen molar-refractivity contribution in [2.45, 2.75) is 27.3 Å². The van der Waals surface area contributed by atoms with E-state index in [9.17, 15) is 0 Å². The van der Waals surface area contributed by atoms with Crippen molar-refractivity contribution in [2.75, 3.05) is 6.54 Å². The van der Waals surface area contributed by atoms with Gasteiger partial charge in [0.25, 0.3) is 0 Å². The van der Waals surface area contributed by atoms with Crippen molar-refractivity contribution in [1.29, 1.82) is 0 Å². The van der Waals surface area contributed by atoms with Crippen LogP contribution in [0, 0.1) is 13.8 Å². The molecule has 0 aliphatic carbocycles. The van der Waals surface area contributed by atoms with E-state index in [-0.39, 0.29) is 0 Å². The van der Waals surface area contributed by atoms with Gasteiger partial charge in [-0.3, -0.25) is 0 Å². The van der Waals surface area contributed by atoms with E-state index in [1.807, 2.05) is 0 Å². The molecule has 1 N–H and O–H groups in total. The van der Waals surface area contributed by atoms with E-state index in [2.05, 4.69) is 44.3 Å². The van der Waals surface area contributed by atoms with Gasteiger partial charge in [0, 0.05) is 5.39 Å². The summed E-state index contributed by atoms with van der Waals surface area (Å²) in [6, 6.07) is 6.41. The van der Waals surface area contributed by atoms with Crippen LogP contribution in [0.2, 0.25) is 0 Å². The molecule has 1 aromatic heterocycles. The molecule has 0 unspecified atom stereocenters. The molecule has 0 saturated heterocycles. The van der Waals surface area contributed by atoms with Crippen molar-refractivity contribution in [1.82, 2.24) is 5.32 Å². The van der Waals surface area contributed by atoms with Crippen molar-refractivity contribution in [2.24, 2.45) is 0 Å².